The van der Waals surface area contributed by atoms with E-state index in [0.717, 1.165) is 5.56 Å². The number of fused-ring (bicyclic) bond motifs is 1. The van der Waals surface area contributed by atoms with E-state index < -0.39 is 5.97 Å². The van der Waals surface area contributed by atoms with Crippen LogP contribution in [0.4, 0.5) is 0 Å². The van der Waals surface area contributed by atoms with E-state index in [-0.39, 0.29) is 5.56 Å². The molecule has 2 aromatic heterocycles. The number of nitriles is 1. The first-order valence-electron chi connectivity index (χ1n) is 6.76. The van der Waals surface area contributed by atoms with Gasteiger partial charge in [-0.2, -0.15) is 5.26 Å². The van der Waals surface area contributed by atoms with E-state index in [1.165, 1.54) is 6.20 Å². The highest BCUT2D eigenvalue weighted by Crippen LogP contribution is 2.29. The number of aromatic nitrogens is 3. The lowest BCUT2D eigenvalue weighted by Crippen LogP contribution is -2.00. The van der Waals surface area contributed by atoms with Crippen LogP contribution in [0.1, 0.15) is 28.7 Å². The molecule has 0 saturated carbocycles. The van der Waals surface area contributed by atoms with Gasteiger partial charge in [0, 0.05) is 18.2 Å². The molecule has 3 aromatic rings. The van der Waals surface area contributed by atoms with Crippen molar-refractivity contribution < 1.29 is 9.90 Å². The molecule has 0 fully saturated rings. The van der Waals surface area contributed by atoms with Gasteiger partial charge in [-0.05, 0) is 12.1 Å². The molecule has 0 saturated heterocycles. The molecule has 0 aliphatic carbocycles. The van der Waals surface area contributed by atoms with E-state index in [4.69, 9.17) is 5.26 Å². The van der Waals surface area contributed by atoms with Crippen LogP contribution in [0.2, 0.25) is 0 Å². The minimum absolute atomic E-state index is 0.136. The molecule has 0 spiro atoms. The number of rotatable bonds is 3. The van der Waals surface area contributed by atoms with Crippen molar-refractivity contribution in [2.24, 2.45) is 0 Å². The second kappa shape index (κ2) is 5.30. The number of benzene rings is 1. The standard InChI is InChI=1S/C16H12N4O2/c1-2-12-19-14(10-5-3-9(7-17)4-6-10)13-11(16(21)22)8-18-15(13)20-12/h3-6,8H,2H2,1H3,(H,21,22)(H,18,19,20). The molecule has 6 heteroatoms. The van der Waals surface area contributed by atoms with Gasteiger partial charge in [0.05, 0.1) is 28.3 Å². The van der Waals surface area contributed by atoms with Crippen molar-refractivity contribution in [1.82, 2.24) is 15.0 Å². The summed E-state index contributed by atoms with van der Waals surface area (Å²) in [5.41, 5.74) is 2.49. The second-order valence-electron chi connectivity index (χ2n) is 4.76. The van der Waals surface area contributed by atoms with Crippen molar-refractivity contribution in [3.8, 4) is 17.3 Å². The molecular formula is C16H12N4O2. The summed E-state index contributed by atoms with van der Waals surface area (Å²) >= 11 is 0. The summed E-state index contributed by atoms with van der Waals surface area (Å²) in [6.07, 6.45) is 2.06. The number of aryl methyl sites for hydroxylation is 1. The third-order valence-electron chi connectivity index (χ3n) is 3.41. The van der Waals surface area contributed by atoms with Crippen molar-refractivity contribution >= 4 is 17.0 Å². The summed E-state index contributed by atoms with van der Waals surface area (Å²) in [7, 11) is 0. The molecule has 0 radical (unpaired) electrons. The van der Waals surface area contributed by atoms with E-state index in [1.807, 2.05) is 6.92 Å². The van der Waals surface area contributed by atoms with E-state index in [1.54, 1.807) is 24.3 Å². The molecule has 0 atom stereocenters. The Hall–Kier alpha value is -3.20. The number of carboxylic acid groups (broad SMARTS) is 1. The van der Waals surface area contributed by atoms with Gasteiger partial charge >= 0.3 is 5.97 Å². The fourth-order valence-corrected chi connectivity index (χ4v) is 2.32. The molecular weight excluding hydrogens is 280 g/mol. The first-order valence-corrected chi connectivity index (χ1v) is 6.76. The zero-order chi connectivity index (χ0) is 15.7. The van der Waals surface area contributed by atoms with Crippen LogP contribution in [0, 0.1) is 11.3 Å². The van der Waals surface area contributed by atoms with Gasteiger partial charge in [0.1, 0.15) is 11.5 Å². The maximum atomic E-state index is 11.4. The Bertz CT molecular complexity index is 904. The molecule has 2 N–H and O–H groups in total. The molecule has 0 amide bonds. The Kier molecular flexibility index (Phi) is 3.31. The van der Waals surface area contributed by atoms with Gasteiger partial charge < -0.3 is 10.1 Å². The molecule has 0 aliphatic heterocycles. The van der Waals surface area contributed by atoms with Gasteiger partial charge in [-0.3, -0.25) is 0 Å². The largest absolute Gasteiger partial charge is 0.478 e. The number of H-pyrrole nitrogens is 1. The molecule has 22 heavy (non-hydrogen) atoms. The quantitative estimate of drug-likeness (QED) is 0.772. The highest BCUT2D eigenvalue weighted by atomic mass is 16.4. The van der Waals surface area contributed by atoms with Gasteiger partial charge in [-0.25, -0.2) is 14.8 Å². The monoisotopic (exact) mass is 292 g/mol. The van der Waals surface area contributed by atoms with Crippen LogP contribution in [-0.2, 0) is 6.42 Å². The van der Waals surface area contributed by atoms with Gasteiger partial charge in [0.15, 0.2) is 0 Å². The number of nitrogens with zero attached hydrogens (tertiary/aromatic N) is 3. The van der Waals surface area contributed by atoms with Crippen LogP contribution in [-0.4, -0.2) is 26.0 Å². The minimum atomic E-state index is -1.03. The number of aromatic amines is 1. The maximum absolute atomic E-state index is 11.4. The van der Waals surface area contributed by atoms with Crippen LogP contribution in [0.25, 0.3) is 22.3 Å². The fourth-order valence-electron chi connectivity index (χ4n) is 2.32. The first kappa shape index (κ1) is 13.8. The predicted molar refractivity (Wildman–Crippen MR) is 80.4 cm³/mol. The normalized spacial score (nSPS) is 10.5. The number of hydrogen-bond donors (Lipinski definition) is 2. The smallest absolute Gasteiger partial charge is 0.338 e. The van der Waals surface area contributed by atoms with Crippen LogP contribution < -0.4 is 0 Å². The Morgan fingerprint density at radius 1 is 1.32 bits per heavy atom. The summed E-state index contributed by atoms with van der Waals surface area (Å²) < 4.78 is 0. The third-order valence-corrected chi connectivity index (χ3v) is 3.41. The number of carbonyl (C=O) groups is 1. The third kappa shape index (κ3) is 2.19. The average Bonchev–Trinajstić information content (AvgIpc) is 2.98. The SMILES string of the molecule is CCc1nc(-c2ccc(C#N)cc2)c2c(C(=O)O)c[nH]c2n1. The van der Waals surface area contributed by atoms with E-state index in [0.29, 0.717) is 34.5 Å². The maximum Gasteiger partial charge on any atom is 0.338 e. The summed E-state index contributed by atoms with van der Waals surface area (Å²) in [4.78, 5) is 23.1. The van der Waals surface area contributed by atoms with Crippen molar-refractivity contribution in [3.63, 3.8) is 0 Å². The van der Waals surface area contributed by atoms with Crippen molar-refractivity contribution in [2.75, 3.05) is 0 Å². The Labute approximate surface area is 126 Å². The Morgan fingerprint density at radius 3 is 2.64 bits per heavy atom. The van der Waals surface area contributed by atoms with Crippen molar-refractivity contribution in [1.29, 1.82) is 5.26 Å². The van der Waals surface area contributed by atoms with Crippen LogP contribution in [0.15, 0.2) is 30.5 Å². The van der Waals surface area contributed by atoms with Gasteiger partial charge in [0.2, 0.25) is 0 Å². The van der Waals surface area contributed by atoms with E-state index >= 15 is 0 Å². The van der Waals surface area contributed by atoms with Crippen LogP contribution >= 0.6 is 0 Å². The number of nitrogens with one attached hydrogen (secondary N) is 1. The predicted octanol–water partition coefficient (Wildman–Crippen LogP) is 2.76. The summed E-state index contributed by atoms with van der Waals surface area (Å²) in [6.45, 7) is 1.94. The molecule has 108 valence electrons. The lowest BCUT2D eigenvalue weighted by atomic mass is 10.0. The second-order valence-corrected chi connectivity index (χ2v) is 4.76. The average molecular weight is 292 g/mol. The number of hydrogen-bond acceptors (Lipinski definition) is 4. The molecule has 0 bridgehead atoms. The number of aromatic carboxylic acids is 1. The first-order chi connectivity index (χ1) is 10.6. The van der Waals surface area contributed by atoms with Crippen LogP contribution in [0.3, 0.4) is 0 Å². The molecule has 6 nitrogen and oxygen atoms in total. The lowest BCUT2D eigenvalue weighted by Gasteiger charge is -2.06. The molecule has 0 aliphatic rings. The van der Waals surface area contributed by atoms with E-state index in [2.05, 4.69) is 21.0 Å². The molecule has 1 aromatic carbocycles. The molecule has 3 rings (SSSR count). The van der Waals surface area contributed by atoms with Crippen molar-refractivity contribution in [2.45, 2.75) is 13.3 Å². The van der Waals surface area contributed by atoms with Gasteiger partial charge in [-0.15, -0.1) is 0 Å². The fraction of sp³-hybridized carbons (Fsp3) is 0.125. The summed E-state index contributed by atoms with van der Waals surface area (Å²) in [5, 5.41) is 18.7. The molecule has 0 unspecified atom stereocenters. The zero-order valence-electron chi connectivity index (χ0n) is 11.8. The zero-order valence-corrected chi connectivity index (χ0v) is 11.8. The molecule has 2 heterocycles. The van der Waals surface area contributed by atoms with Crippen LogP contribution in [0.5, 0.6) is 0 Å². The minimum Gasteiger partial charge on any atom is -0.478 e. The number of carboxylic acids is 1. The summed E-state index contributed by atoms with van der Waals surface area (Å²) in [5.74, 6) is -0.403. The van der Waals surface area contributed by atoms with Gasteiger partial charge in [-0.1, -0.05) is 19.1 Å². The van der Waals surface area contributed by atoms with Crippen molar-refractivity contribution in [3.05, 3.63) is 47.4 Å². The van der Waals surface area contributed by atoms with E-state index in [9.17, 15) is 9.90 Å². The van der Waals surface area contributed by atoms with Gasteiger partial charge in [0.25, 0.3) is 0 Å². The Morgan fingerprint density at radius 2 is 2.05 bits per heavy atom. The topological polar surface area (TPSA) is 103 Å². The highest BCUT2D eigenvalue weighted by molar-refractivity contribution is 6.07. The Balaban J connectivity index is 2.31. The summed E-state index contributed by atoms with van der Waals surface area (Å²) in [6, 6.07) is 8.95. The highest BCUT2D eigenvalue weighted by Gasteiger charge is 2.18. The lowest BCUT2D eigenvalue weighted by molar-refractivity contribution is 0.0699.